The van der Waals surface area contributed by atoms with Gasteiger partial charge in [-0.15, -0.1) is 11.3 Å². The minimum atomic E-state index is -0.0603. The van der Waals surface area contributed by atoms with Crippen LogP contribution in [0.4, 0.5) is 0 Å². The van der Waals surface area contributed by atoms with Crippen molar-refractivity contribution in [2.45, 2.75) is 6.61 Å². The molecule has 4 heteroatoms. The average Bonchev–Trinajstić information content (AvgIpc) is 2.64. The first-order chi connectivity index (χ1) is 6.77. The molecule has 0 spiro atoms. The fourth-order valence-electron chi connectivity index (χ4n) is 1.40. The number of aliphatic hydroxyl groups is 1. The van der Waals surface area contributed by atoms with Gasteiger partial charge >= 0.3 is 0 Å². The zero-order valence-electron chi connectivity index (χ0n) is 7.16. The summed E-state index contributed by atoms with van der Waals surface area (Å²) in [5.41, 5.74) is 1.37. The zero-order chi connectivity index (χ0) is 10.1. The minimum Gasteiger partial charge on any atom is -0.392 e. The number of thiophene rings is 1. The van der Waals surface area contributed by atoms with Crippen molar-refractivity contribution < 1.29 is 9.90 Å². The summed E-state index contributed by atoms with van der Waals surface area (Å²) in [6.45, 7) is -0.0603. The maximum absolute atomic E-state index is 10.9. The van der Waals surface area contributed by atoms with E-state index in [0.29, 0.717) is 10.0 Å². The number of carbonyl (C=O) groups excluding carboxylic acids is 1. The molecule has 0 aliphatic heterocycles. The van der Waals surface area contributed by atoms with Crippen molar-refractivity contribution in [3.8, 4) is 0 Å². The predicted molar refractivity (Wildman–Crippen MR) is 60.8 cm³/mol. The highest BCUT2D eigenvalue weighted by molar-refractivity contribution is 9.10. The lowest BCUT2D eigenvalue weighted by Crippen LogP contribution is -1.91. The van der Waals surface area contributed by atoms with Gasteiger partial charge in [0.05, 0.1) is 6.61 Å². The highest BCUT2D eigenvalue weighted by Crippen LogP contribution is 2.32. The first-order valence-corrected chi connectivity index (χ1v) is 5.69. The van der Waals surface area contributed by atoms with Gasteiger partial charge in [0.25, 0.3) is 0 Å². The Morgan fingerprint density at radius 2 is 2.36 bits per heavy atom. The number of fused-ring (bicyclic) bond motifs is 1. The lowest BCUT2D eigenvalue weighted by molar-refractivity contribution is 0.112. The molecule has 14 heavy (non-hydrogen) atoms. The Kier molecular flexibility index (Phi) is 2.67. The molecule has 0 saturated carbocycles. The fraction of sp³-hybridized carbons (Fsp3) is 0.100. The highest BCUT2D eigenvalue weighted by atomic mass is 79.9. The van der Waals surface area contributed by atoms with Crippen LogP contribution in [0.3, 0.4) is 0 Å². The van der Waals surface area contributed by atoms with Crippen molar-refractivity contribution in [1.29, 1.82) is 0 Å². The van der Waals surface area contributed by atoms with Crippen molar-refractivity contribution >= 4 is 43.6 Å². The summed E-state index contributed by atoms with van der Waals surface area (Å²) in [6, 6.07) is 3.81. The van der Waals surface area contributed by atoms with Gasteiger partial charge in [0.15, 0.2) is 6.29 Å². The quantitative estimate of drug-likeness (QED) is 0.852. The van der Waals surface area contributed by atoms with Gasteiger partial charge in [-0.3, -0.25) is 4.79 Å². The number of aliphatic hydroxyl groups excluding tert-OH is 1. The number of hydrogen-bond donors (Lipinski definition) is 1. The van der Waals surface area contributed by atoms with Gasteiger partial charge < -0.3 is 5.11 Å². The van der Waals surface area contributed by atoms with E-state index in [0.717, 1.165) is 21.9 Å². The van der Waals surface area contributed by atoms with E-state index < -0.39 is 0 Å². The van der Waals surface area contributed by atoms with Crippen molar-refractivity contribution in [2.75, 3.05) is 0 Å². The molecule has 0 bridgehead atoms. The average molecular weight is 271 g/mol. The van der Waals surface area contributed by atoms with E-state index in [1.807, 2.05) is 17.5 Å². The van der Waals surface area contributed by atoms with Gasteiger partial charge in [-0.25, -0.2) is 0 Å². The predicted octanol–water partition coefficient (Wildman–Crippen LogP) is 2.97. The zero-order valence-corrected chi connectivity index (χ0v) is 9.56. The molecule has 0 amide bonds. The van der Waals surface area contributed by atoms with E-state index in [4.69, 9.17) is 5.11 Å². The Balaban J connectivity index is 2.87. The van der Waals surface area contributed by atoms with Gasteiger partial charge in [-0.1, -0.05) is 0 Å². The van der Waals surface area contributed by atoms with Crippen LogP contribution in [0.5, 0.6) is 0 Å². The van der Waals surface area contributed by atoms with E-state index in [2.05, 4.69) is 15.9 Å². The second kappa shape index (κ2) is 3.81. The van der Waals surface area contributed by atoms with E-state index in [1.165, 1.54) is 0 Å². The number of carbonyl (C=O) groups is 1. The largest absolute Gasteiger partial charge is 0.392 e. The first-order valence-electron chi connectivity index (χ1n) is 4.02. The summed E-state index contributed by atoms with van der Waals surface area (Å²) in [7, 11) is 0. The number of hydrogen-bond acceptors (Lipinski definition) is 3. The van der Waals surface area contributed by atoms with Crippen LogP contribution in [0.25, 0.3) is 10.1 Å². The number of rotatable bonds is 2. The van der Waals surface area contributed by atoms with Crippen LogP contribution in [-0.4, -0.2) is 11.4 Å². The SMILES string of the molecule is O=Cc1c(Br)c(CO)cc2sccc12. The lowest BCUT2D eigenvalue weighted by atomic mass is 10.1. The third kappa shape index (κ3) is 1.39. The molecule has 0 fully saturated rings. The summed E-state index contributed by atoms with van der Waals surface area (Å²) in [5, 5.41) is 12.0. The molecule has 0 aliphatic rings. The molecule has 0 aliphatic carbocycles. The molecular formula is C10H7BrO2S. The molecule has 2 nitrogen and oxygen atoms in total. The second-order valence-electron chi connectivity index (χ2n) is 2.87. The number of aldehydes is 1. The summed E-state index contributed by atoms with van der Waals surface area (Å²) in [6.07, 6.45) is 0.818. The van der Waals surface area contributed by atoms with Crippen LogP contribution in [0.1, 0.15) is 15.9 Å². The molecule has 1 aromatic heterocycles. The maximum atomic E-state index is 10.9. The monoisotopic (exact) mass is 270 g/mol. The third-order valence-electron chi connectivity index (χ3n) is 2.10. The van der Waals surface area contributed by atoms with Gasteiger partial charge in [-0.2, -0.15) is 0 Å². The van der Waals surface area contributed by atoms with Crippen molar-refractivity contribution in [3.63, 3.8) is 0 Å². The molecule has 1 aromatic carbocycles. The van der Waals surface area contributed by atoms with Gasteiger partial charge in [0.1, 0.15) is 0 Å². The van der Waals surface area contributed by atoms with Crippen molar-refractivity contribution in [1.82, 2.24) is 0 Å². The Morgan fingerprint density at radius 3 is 3.00 bits per heavy atom. The number of halogens is 1. The van der Waals surface area contributed by atoms with Crippen LogP contribution in [0, 0.1) is 0 Å². The third-order valence-corrected chi connectivity index (χ3v) is 3.90. The van der Waals surface area contributed by atoms with Crippen LogP contribution < -0.4 is 0 Å². The molecule has 0 unspecified atom stereocenters. The standard InChI is InChI=1S/C10H7BrO2S/c11-10-6(4-12)3-9-7(1-2-14-9)8(10)5-13/h1-3,5,12H,4H2. The van der Waals surface area contributed by atoms with Crippen LogP contribution in [-0.2, 0) is 6.61 Å². The van der Waals surface area contributed by atoms with E-state index in [1.54, 1.807) is 11.3 Å². The van der Waals surface area contributed by atoms with Gasteiger partial charge in [0, 0.05) is 20.1 Å². The minimum absolute atomic E-state index is 0.0603. The number of benzene rings is 1. The molecule has 1 N–H and O–H groups in total. The molecule has 0 radical (unpaired) electrons. The van der Waals surface area contributed by atoms with Crippen LogP contribution in [0.15, 0.2) is 22.0 Å². The Labute approximate surface area is 93.3 Å². The molecule has 2 aromatic rings. The molecule has 0 atom stereocenters. The van der Waals surface area contributed by atoms with E-state index >= 15 is 0 Å². The normalized spacial score (nSPS) is 10.7. The van der Waals surface area contributed by atoms with E-state index in [-0.39, 0.29) is 6.61 Å². The summed E-state index contributed by atoms with van der Waals surface area (Å²) in [5.74, 6) is 0. The highest BCUT2D eigenvalue weighted by Gasteiger charge is 2.10. The van der Waals surface area contributed by atoms with Crippen LogP contribution >= 0.6 is 27.3 Å². The second-order valence-corrected chi connectivity index (χ2v) is 4.61. The van der Waals surface area contributed by atoms with Crippen molar-refractivity contribution in [3.05, 3.63) is 33.1 Å². The van der Waals surface area contributed by atoms with E-state index in [9.17, 15) is 4.79 Å². The Morgan fingerprint density at radius 1 is 1.57 bits per heavy atom. The van der Waals surface area contributed by atoms with Gasteiger partial charge in [-0.05, 0) is 39.0 Å². The first kappa shape index (κ1) is 9.83. The Bertz CT molecular complexity index is 490. The molecule has 2 rings (SSSR count). The lowest BCUT2D eigenvalue weighted by Gasteiger charge is -2.04. The summed E-state index contributed by atoms with van der Waals surface area (Å²) >= 11 is 4.89. The van der Waals surface area contributed by atoms with Crippen molar-refractivity contribution in [2.24, 2.45) is 0 Å². The molecule has 72 valence electrons. The smallest absolute Gasteiger partial charge is 0.151 e. The molecule has 0 saturated heterocycles. The topological polar surface area (TPSA) is 37.3 Å². The van der Waals surface area contributed by atoms with Gasteiger partial charge in [0.2, 0.25) is 0 Å². The molecule has 1 heterocycles. The summed E-state index contributed by atoms with van der Waals surface area (Å²) in [4.78, 5) is 10.9. The fourth-order valence-corrected chi connectivity index (χ4v) is 2.81. The summed E-state index contributed by atoms with van der Waals surface area (Å²) < 4.78 is 1.72. The maximum Gasteiger partial charge on any atom is 0.151 e. The Hall–Kier alpha value is -0.710. The van der Waals surface area contributed by atoms with Crippen LogP contribution in [0.2, 0.25) is 0 Å². The molecular weight excluding hydrogens is 264 g/mol.